The first kappa shape index (κ1) is 17.1. The third-order valence-electron chi connectivity index (χ3n) is 3.06. The van der Waals surface area contributed by atoms with Gasteiger partial charge < -0.3 is 9.84 Å². The van der Waals surface area contributed by atoms with Gasteiger partial charge in [0.05, 0.1) is 11.5 Å². The lowest BCUT2D eigenvalue weighted by Crippen LogP contribution is -2.26. The van der Waals surface area contributed by atoms with Crippen molar-refractivity contribution in [3.8, 4) is 0 Å². The summed E-state index contributed by atoms with van der Waals surface area (Å²) >= 11 is 0. The molecule has 0 unspecified atom stereocenters. The summed E-state index contributed by atoms with van der Waals surface area (Å²) in [6, 6.07) is 3.32. The quantitative estimate of drug-likeness (QED) is 0.714. The van der Waals surface area contributed by atoms with Crippen LogP contribution >= 0.6 is 0 Å². The first-order chi connectivity index (χ1) is 9.42. The Balaban J connectivity index is 2.82. The number of hydrogen-bond acceptors (Lipinski definition) is 4. The smallest absolute Gasteiger partial charge is 0.240 e. The van der Waals surface area contributed by atoms with Gasteiger partial charge in [0, 0.05) is 19.8 Å². The fourth-order valence-electron chi connectivity index (χ4n) is 1.94. The highest BCUT2D eigenvalue weighted by Gasteiger charge is 2.17. The summed E-state index contributed by atoms with van der Waals surface area (Å²) in [6.45, 7) is 6.84. The van der Waals surface area contributed by atoms with E-state index in [1.165, 1.54) is 6.07 Å². The Bertz CT molecular complexity index is 540. The summed E-state index contributed by atoms with van der Waals surface area (Å²) < 4.78 is 32.2. The van der Waals surface area contributed by atoms with Crippen molar-refractivity contribution < 1.29 is 18.3 Å². The van der Waals surface area contributed by atoms with Crippen molar-refractivity contribution >= 4 is 10.0 Å². The normalized spacial score (nSPS) is 11.8. The second kappa shape index (κ2) is 7.73. The van der Waals surface area contributed by atoms with Crippen molar-refractivity contribution in [3.05, 3.63) is 28.8 Å². The number of nitrogens with one attached hydrogen (secondary N) is 1. The van der Waals surface area contributed by atoms with Gasteiger partial charge in [-0.15, -0.1) is 0 Å². The lowest BCUT2D eigenvalue weighted by Gasteiger charge is -2.12. The van der Waals surface area contributed by atoms with Gasteiger partial charge in [-0.05, 0) is 49.9 Å². The number of ether oxygens (including phenoxy) is 1. The second-order valence-corrected chi connectivity index (χ2v) is 6.39. The van der Waals surface area contributed by atoms with Crippen molar-refractivity contribution in [1.82, 2.24) is 4.72 Å². The standard InChI is InChI=1S/C14H23NO4S/c1-4-19-7-5-6-15-20(17,18)14-9-13(10-16)11(2)8-12(14)3/h8-9,15-16H,4-7,10H2,1-3H3. The molecule has 0 radical (unpaired) electrons. The van der Waals surface area contributed by atoms with Gasteiger partial charge in [0.25, 0.3) is 0 Å². The molecule has 20 heavy (non-hydrogen) atoms. The molecular weight excluding hydrogens is 278 g/mol. The highest BCUT2D eigenvalue weighted by molar-refractivity contribution is 7.89. The molecule has 0 bridgehead atoms. The minimum absolute atomic E-state index is 0.168. The Kier molecular flexibility index (Phi) is 6.61. The summed E-state index contributed by atoms with van der Waals surface area (Å²) in [4.78, 5) is 0.226. The number of sulfonamides is 1. The number of rotatable bonds is 8. The minimum atomic E-state index is -3.54. The first-order valence-electron chi connectivity index (χ1n) is 6.70. The van der Waals surface area contributed by atoms with E-state index >= 15 is 0 Å². The summed E-state index contributed by atoms with van der Waals surface area (Å²) in [7, 11) is -3.54. The third kappa shape index (κ3) is 4.56. The summed E-state index contributed by atoms with van der Waals surface area (Å²) in [6.07, 6.45) is 0.630. The molecule has 0 aliphatic rings. The molecule has 0 saturated heterocycles. The molecule has 0 fully saturated rings. The van der Waals surface area contributed by atoms with Crippen LogP contribution in [0.3, 0.4) is 0 Å². The molecule has 0 aliphatic carbocycles. The molecule has 0 atom stereocenters. The summed E-state index contributed by atoms with van der Waals surface area (Å²) in [5.74, 6) is 0. The lowest BCUT2D eigenvalue weighted by atomic mass is 10.1. The molecule has 0 aromatic heterocycles. The van der Waals surface area contributed by atoms with E-state index in [-0.39, 0.29) is 11.5 Å². The fraction of sp³-hybridized carbons (Fsp3) is 0.571. The van der Waals surface area contributed by atoms with Crippen LogP contribution in [0.25, 0.3) is 0 Å². The molecule has 2 N–H and O–H groups in total. The molecule has 0 spiro atoms. The van der Waals surface area contributed by atoms with Crippen LogP contribution in [-0.4, -0.2) is 33.3 Å². The monoisotopic (exact) mass is 301 g/mol. The Morgan fingerprint density at radius 3 is 2.55 bits per heavy atom. The van der Waals surface area contributed by atoms with Crippen molar-refractivity contribution in [2.45, 2.75) is 38.7 Å². The molecule has 5 nitrogen and oxygen atoms in total. The first-order valence-corrected chi connectivity index (χ1v) is 8.19. The Morgan fingerprint density at radius 2 is 1.95 bits per heavy atom. The number of hydrogen-bond donors (Lipinski definition) is 2. The molecule has 1 aromatic carbocycles. The van der Waals surface area contributed by atoms with E-state index in [1.807, 2.05) is 13.8 Å². The van der Waals surface area contributed by atoms with Crippen LogP contribution in [0.5, 0.6) is 0 Å². The van der Waals surface area contributed by atoms with Gasteiger partial charge in [-0.25, -0.2) is 13.1 Å². The van der Waals surface area contributed by atoms with Crippen LogP contribution < -0.4 is 4.72 Å². The maximum atomic E-state index is 12.2. The molecule has 1 rings (SSSR count). The fourth-order valence-corrected chi connectivity index (χ4v) is 3.29. The van der Waals surface area contributed by atoms with Gasteiger partial charge >= 0.3 is 0 Å². The molecule has 0 amide bonds. The van der Waals surface area contributed by atoms with Gasteiger partial charge in [-0.1, -0.05) is 6.07 Å². The predicted molar refractivity (Wildman–Crippen MR) is 78.1 cm³/mol. The SMILES string of the molecule is CCOCCCNS(=O)(=O)c1cc(CO)c(C)cc1C. The maximum absolute atomic E-state index is 12.2. The van der Waals surface area contributed by atoms with E-state index in [2.05, 4.69) is 4.72 Å². The summed E-state index contributed by atoms with van der Waals surface area (Å²) in [5, 5.41) is 9.24. The van der Waals surface area contributed by atoms with Crippen molar-refractivity contribution in [2.75, 3.05) is 19.8 Å². The van der Waals surface area contributed by atoms with Crippen LogP contribution in [0, 0.1) is 13.8 Å². The zero-order valence-corrected chi connectivity index (χ0v) is 13.1. The van der Waals surface area contributed by atoms with Crippen molar-refractivity contribution in [2.24, 2.45) is 0 Å². The average Bonchev–Trinajstić information content (AvgIpc) is 2.38. The van der Waals surface area contributed by atoms with Gasteiger partial charge in [0.15, 0.2) is 0 Å². The van der Waals surface area contributed by atoms with Gasteiger partial charge in [-0.3, -0.25) is 0 Å². The van der Waals surface area contributed by atoms with Crippen LogP contribution in [0.15, 0.2) is 17.0 Å². The predicted octanol–water partition coefficient (Wildman–Crippen LogP) is 1.50. The highest BCUT2D eigenvalue weighted by atomic mass is 32.2. The maximum Gasteiger partial charge on any atom is 0.240 e. The molecule has 114 valence electrons. The van der Waals surface area contributed by atoms with Crippen LogP contribution in [0.1, 0.15) is 30.0 Å². The molecule has 6 heteroatoms. The molecule has 0 heterocycles. The van der Waals surface area contributed by atoms with E-state index in [9.17, 15) is 13.5 Å². The van der Waals surface area contributed by atoms with Gasteiger partial charge in [-0.2, -0.15) is 0 Å². The van der Waals surface area contributed by atoms with E-state index in [4.69, 9.17) is 4.74 Å². The molecule has 0 aliphatic heterocycles. The molecule has 1 aromatic rings. The Hall–Kier alpha value is -0.950. The Labute approximate surface area is 121 Å². The number of aliphatic hydroxyl groups is 1. The van der Waals surface area contributed by atoms with Crippen LogP contribution in [0.2, 0.25) is 0 Å². The zero-order chi connectivity index (χ0) is 15.2. The van der Waals surface area contributed by atoms with Gasteiger partial charge in [0.1, 0.15) is 0 Å². The third-order valence-corrected chi connectivity index (χ3v) is 4.66. The topological polar surface area (TPSA) is 75.6 Å². The zero-order valence-electron chi connectivity index (χ0n) is 12.3. The number of aliphatic hydroxyl groups excluding tert-OH is 1. The van der Waals surface area contributed by atoms with E-state index in [0.717, 1.165) is 5.56 Å². The largest absolute Gasteiger partial charge is 0.392 e. The van der Waals surface area contributed by atoms with Crippen molar-refractivity contribution in [1.29, 1.82) is 0 Å². The number of benzene rings is 1. The number of aryl methyl sites for hydroxylation is 2. The lowest BCUT2D eigenvalue weighted by molar-refractivity contribution is 0.146. The van der Waals surface area contributed by atoms with Crippen molar-refractivity contribution in [3.63, 3.8) is 0 Å². The van der Waals surface area contributed by atoms with E-state index in [0.29, 0.717) is 37.3 Å². The van der Waals surface area contributed by atoms with Crippen LogP contribution in [-0.2, 0) is 21.4 Å². The minimum Gasteiger partial charge on any atom is -0.392 e. The average molecular weight is 301 g/mol. The van der Waals surface area contributed by atoms with E-state index in [1.54, 1.807) is 13.0 Å². The summed E-state index contributed by atoms with van der Waals surface area (Å²) in [5.41, 5.74) is 2.20. The molecular formula is C14H23NO4S. The second-order valence-electron chi connectivity index (χ2n) is 4.65. The van der Waals surface area contributed by atoms with Crippen LogP contribution in [0.4, 0.5) is 0 Å². The van der Waals surface area contributed by atoms with E-state index < -0.39 is 10.0 Å². The Morgan fingerprint density at radius 1 is 1.25 bits per heavy atom. The molecule has 0 saturated carbocycles. The van der Waals surface area contributed by atoms with Gasteiger partial charge in [0.2, 0.25) is 10.0 Å². The highest BCUT2D eigenvalue weighted by Crippen LogP contribution is 2.20.